The van der Waals surface area contributed by atoms with E-state index < -0.39 is 12.7 Å². The van der Waals surface area contributed by atoms with E-state index in [1.807, 2.05) is 0 Å². The third kappa shape index (κ3) is 3.84. The fourth-order valence-electron chi connectivity index (χ4n) is 1.88. The van der Waals surface area contributed by atoms with E-state index in [1.54, 1.807) is 0 Å². The minimum absolute atomic E-state index is 0.349. The van der Waals surface area contributed by atoms with Gasteiger partial charge in [0.2, 0.25) is 0 Å². The molecule has 84 valence electrons. The van der Waals surface area contributed by atoms with Crippen LogP contribution in [0.2, 0.25) is 0 Å². The van der Waals surface area contributed by atoms with Crippen molar-refractivity contribution in [3.05, 3.63) is 0 Å². The van der Waals surface area contributed by atoms with Crippen LogP contribution in [0.1, 0.15) is 6.92 Å². The molecule has 1 aliphatic rings. The maximum absolute atomic E-state index is 12.0. The predicted molar refractivity (Wildman–Crippen MR) is 49.1 cm³/mol. The number of halogens is 3. The Kier molecular flexibility index (Phi) is 3.78. The molecule has 0 aromatic carbocycles. The van der Waals surface area contributed by atoms with Gasteiger partial charge in [0.15, 0.2) is 0 Å². The molecule has 1 aliphatic heterocycles. The molecule has 0 aromatic rings. The zero-order valence-electron chi connectivity index (χ0n) is 8.56. The summed E-state index contributed by atoms with van der Waals surface area (Å²) in [5.41, 5.74) is 0. The summed E-state index contributed by atoms with van der Waals surface area (Å²) in [4.78, 5) is 1.36. The highest BCUT2D eigenvalue weighted by Crippen LogP contribution is 2.20. The molecule has 1 saturated heterocycles. The molecule has 0 radical (unpaired) electrons. The van der Waals surface area contributed by atoms with Gasteiger partial charge >= 0.3 is 6.18 Å². The molecular weight excluding hydrogens is 193 g/mol. The Morgan fingerprint density at radius 3 is 2.43 bits per heavy atom. The van der Waals surface area contributed by atoms with E-state index in [2.05, 4.69) is 12.2 Å². The molecule has 2 atom stereocenters. The average molecular weight is 210 g/mol. The highest BCUT2D eigenvalue weighted by atomic mass is 19.4. The summed E-state index contributed by atoms with van der Waals surface area (Å²) in [5.74, 6) is 0.827. The average Bonchev–Trinajstić information content (AvgIpc) is 2.32. The first kappa shape index (κ1) is 11.8. The molecule has 14 heavy (non-hydrogen) atoms. The second-order valence-electron chi connectivity index (χ2n) is 4.21. The van der Waals surface area contributed by atoms with Crippen LogP contribution in [0.4, 0.5) is 13.2 Å². The normalized spacial score (nSPS) is 28.7. The van der Waals surface area contributed by atoms with E-state index >= 15 is 0 Å². The molecule has 0 bridgehead atoms. The number of hydrogen-bond acceptors (Lipinski definition) is 2. The minimum atomic E-state index is -4.08. The van der Waals surface area contributed by atoms with Gasteiger partial charge in [0.1, 0.15) is 0 Å². The van der Waals surface area contributed by atoms with Crippen molar-refractivity contribution in [2.75, 3.05) is 33.2 Å². The van der Waals surface area contributed by atoms with Crippen molar-refractivity contribution in [2.24, 2.45) is 11.8 Å². The summed E-state index contributed by atoms with van der Waals surface area (Å²) in [6, 6.07) is 0. The summed E-state index contributed by atoms with van der Waals surface area (Å²) in [5, 5.41) is 3.18. The summed E-state index contributed by atoms with van der Waals surface area (Å²) < 4.78 is 36.1. The number of hydrogen-bond donors (Lipinski definition) is 1. The molecule has 0 amide bonds. The zero-order chi connectivity index (χ0) is 10.8. The smallest absolute Gasteiger partial charge is 0.316 e. The molecule has 0 aliphatic carbocycles. The van der Waals surface area contributed by atoms with Gasteiger partial charge in [-0.15, -0.1) is 0 Å². The van der Waals surface area contributed by atoms with E-state index in [0.717, 1.165) is 13.1 Å². The van der Waals surface area contributed by atoms with E-state index in [1.165, 1.54) is 11.9 Å². The molecule has 1 N–H and O–H groups in total. The lowest BCUT2D eigenvalue weighted by Crippen LogP contribution is -2.36. The van der Waals surface area contributed by atoms with Crippen LogP contribution in [0.5, 0.6) is 0 Å². The number of alkyl halides is 3. The molecule has 0 aromatic heterocycles. The van der Waals surface area contributed by atoms with Gasteiger partial charge in [-0.1, -0.05) is 6.92 Å². The van der Waals surface area contributed by atoms with Crippen LogP contribution in [0, 0.1) is 11.8 Å². The summed E-state index contributed by atoms with van der Waals surface area (Å²) >= 11 is 0. The van der Waals surface area contributed by atoms with Gasteiger partial charge in [-0.2, -0.15) is 13.2 Å². The van der Waals surface area contributed by atoms with Gasteiger partial charge in [0.25, 0.3) is 0 Å². The second kappa shape index (κ2) is 4.49. The van der Waals surface area contributed by atoms with Crippen LogP contribution in [0.25, 0.3) is 0 Å². The van der Waals surface area contributed by atoms with Crippen molar-refractivity contribution in [2.45, 2.75) is 13.1 Å². The van der Waals surface area contributed by atoms with Crippen molar-refractivity contribution < 1.29 is 13.2 Å². The second-order valence-corrected chi connectivity index (χ2v) is 4.21. The number of rotatable bonds is 3. The van der Waals surface area contributed by atoms with Crippen LogP contribution < -0.4 is 5.32 Å². The van der Waals surface area contributed by atoms with Crippen LogP contribution in [-0.4, -0.2) is 44.3 Å². The first-order valence-electron chi connectivity index (χ1n) is 4.84. The minimum Gasteiger partial charge on any atom is -0.316 e. The Balaban J connectivity index is 2.29. The Morgan fingerprint density at radius 1 is 1.36 bits per heavy atom. The van der Waals surface area contributed by atoms with Crippen molar-refractivity contribution in [3.8, 4) is 0 Å². The predicted octanol–water partition coefficient (Wildman–Crippen LogP) is 1.34. The highest BCUT2D eigenvalue weighted by Gasteiger charge is 2.31. The standard InChI is InChI=1S/C9H17F3N2/c1-7-3-13-4-8(7)5-14(2)6-9(10,11)12/h7-8,13H,3-6H2,1-2H3/t7-,8+/m1/s1. The van der Waals surface area contributed by atoms with Crippen molar-refractivity contribution >= 4 is 0 Å². The lowest BCUT2D eigenvalue weighted by atomic mass is 9.98. The third-order valence-electron chi connectivity index (χ3n) is 2.67. The lowest BCUT2D eigenvalue weighted by molar-refractivity contribution is -0.144. The summed E-state index contributed by atoms with van der Waals surface area (Å²) in [7, 11) is 1.53. The Hall–Kier alpha value is -0.290. The number of nitrogens with one attached hydrogen (secondary N) is 1. The zero-order valence-corrected chi connectivity index (χ0v) is 8.56. The fourth-order valence-corrected chi connectivity index (χ4v) is 1.88. The van der Waals surface area contributed by atoms with Gasteiger partial charge < -0.3 is 5.32 Å². The van der Waals surface area contributed by atoms with Crippen LogP contribution in [-0.2, 0) is 0 Å². The van der Waals surface area contributed by atoms with Crippen molar-refractivity contribution in [1.29, 1.82) is 0 Å². The highest BCUT2D eigenvalue weighted by molar-refractivity contribution is 4.80. The fraction of sp³-hybridized carbons (Fsp3) is 1.00. The number of nitrogens with zero attached hydrogens (tertiary/aromatic N) is 1. The van der Waals surface area contributed by atoms with Crippen LogP contribution in [0.15, 0.2) is 0 Å². The molecule has 0 saturated carbocycles. The first-order chi connectivity index (χ1) is 6.38. The molecule has 1 rings (SSSR count). The summed E-state index contributed by atoms with van der Waals surface area (Å²) in [6.45, 7) is 3.55. The summed E-state index contributed by atoms with van der Waals surface area (Å²) in [6.07, 6.45) is -4.08. The van der Waals surface area contributed by atoms with Gasteiger partial charge in [-0.3, -0.25) is 4.90 Å². The van der Waals surface area contributed by atoms with Crippen molar-refractivity contribution in [1.82, 2.24) is 10.2 Å². The SMILES string of the molecule is C[C@@H]1CNC[C@H]1CN(C)CC(F)(F)F. The molecule has 0 spiro atoms. The monoisotopic (exact) mass is 210 g/mol. The molecule has 5 heteroatoms. The van der Waals surface area contributed by atoms with E-state index in [4.69, 9.17) is 0 Å². The molecule has 0 unspecified atom stereocenters. The van der Waals surface area contributed by atoms with E-state index in [9.17, 15) is 13.2 Å². The van der Waals surface area contributed by atoms with Crippen molar-refractivity contribution in [3.63, 3.8) is 0 Å². The topological polar surface area (TPSA) is 15.3 Å². The molecule has 1 heterocycles. The van der Waals surface area contributed by atoms with Gasteiger partial charge in [-0.05, 0) is 32.0 Å². The Labute approximate surface area is 82.5 Å². The molecule has 2 nitrogen and oxygen atoms in total. The maximum Gasteiger partial charge on any atom is 0.401 e. The van der Waals surface area contributed by atoms with Crippen LogP contribution in [0.3, 0.4) is 0 Å². The first-order valence-corrected chi connectivity index (χ1v) is 4.84. The third-order valence-corrected chi connectivity index (χ3v) is 2.67. The molecule has 1 fully saturated rings. The molecular formula is C9H17F3N2. The van der Waals surface area contributed by atoms with Crippen LogP contribution >= 0.6 is 0 Å². The maximum atomic E-state index is 12.0. The van der Waals surface area contributed by atoms with Gasteiger partial charge in [0.05, 0.1) is 6.54 Å². The van der Waals surface area contributed by atoms with Gasteiger partial charge in [0, 0.05) is 6.54 Å². The Morgan fingerprint density at radius 2 is 2.00 bits per heavy atom. The largest absolute Gasteiger partial charge is 0.401 e. The quantitative estimate of drug-likeness (QED) is 0.756. The lowest BCUT2D eigenvalue weighted by Gasteiger charge is -2.23. The van der Waals surface area contributed by atoms with Gasteiger partial charge in [-0.25, -0.2) is 0 Å². The van der Waals surface area contributed by atoms with E-state index in [-0.39, 0.29) is 0 Å². The Bertz CT molecular complexity index is 181. The van der Waals surface area contributed by atoms with E-state index in [0.29, 0.717) is 18.4 Å².